The van der Waals surface area contributed by atoms with Crippen molar-refractivity contribution in [2.24, 2.45) is 5.92 Å². The first-order chi connectivity index (χ1) is 18.8. The Morgan fingerprint density at radius 2 is 1.18 bits per heavy atom. The molecule has 1 saturated heterocycles. The highest BCUT2D eigenvalue weighted by molar-refractivity contribution is 5.40. The molecule has 0 aliphatic carbocycles. The number of alkyl halides is 6. The Bertz CT molecular complexity index is 1170. The van der Waals surface area contributed by atoms with Crippen molar-refractivity contribution in [3.63, 3.8) is 0 Å². The minimum Gasteiger partial charge on any atom is -0.491 e. The minimum atomic E-state index is -4.55. The molecule has 1 aliphatic rings. The van der Waals surface area contributed by atoms with Crippen LogP contribution in [-0.2, 0) is 24.5 Å². The van der Waals surface area contributed by atoms with Crippen molar-refractivity contribution in [2.45, 2.75) is 63.7 Å². The zero-order valence-corrected chi connectivity index (χ0v) is 22.4. The zero-order chi connectivity index (χ0) is 29.1. The Labute approximate surface area is 230 Å². The summed E-state index contributed by atoms with van der Waals surface area (Å²) in [7, 11) is 0. The fraction of sp³-hybridized carbons (Fsp3) is 0.419. The third-order valence-corrected chi connectivity index (χ3v) is 7.72. The Morgan fingerprint density at radius 1 is 0.750 bits per heavy atom. The van der Waals surface area contributed by atoms with Gasteiger partial charge in [-0.3, -0.25) is 4.90 Å². The van der Waals surface area contributed by atoms with E-state index in [0.29, 0.717) is 32.5 Å². The van der Waals surface area contributed by atoms with Crippen LogP contribution in [0.5, 0.6) is 5.75 Å². The Balaban J connectivity index is 1.53. The first-order valence-corrected chi connectivity index (χ1v) is 13.4. The Kier molecular flexibility index (Phi) is 8.85. The Morgan fingerprint density at radius 3 is 1.57 bits per heavy atom. The maximum atomic E-state index is 13.2. The quantitative estimate of drug-likeness (QED) is 0.281. The molecular weight excluding hydrogens is 532 g/mol. The summed E-state index contributed by atoms with van der Waals surface area (Å²) in [5.41, 5.74) is -1.94. The van der Waals surface area contributed by atoms with Crippen LogP contribution < -0.4 is 4.74 Å². The number of hydrogen-bond acceptors (Lipinski definition) is 3. The summed E-state index contributed by atoms with van der Waals surface area (Å²) in [4.78, 5) is 2.22. The number of likely N-dealkylation sites (tertiary alicyclic amines) is 1. The number of rotatable bonds is 8. The van der Waals surface area contributed by atoms with Gasteiger partial charge in [0.25, 0.3) is 0 Å². The minimum absolute atomic E-state index is 0.123. The van der Waals surface area contributed by atoms with Gasteiger partial charge in [0.2, 0.25) is 0 Å². The molecule has 40 heavy (non-hydrogen) atoms. The van der Waals surface area contributed by atoms with Gasteiger partial charge < -0.3 is 9.84 Å². The number of piperidine rings is 1. The Hall–Kier alpha value is -3.04. The highest BCUT2D eigenvalue weighted by atomic mass is 19.4. The lowest BCUT2D eigenvalue weighted by Gasteiger charge is -2.42. The smallest absolute Gasteiger partial charge is 0.416 e. The van der Waals surface area contributed by atoms with Crippen molar-refractivity contribution in [1.29, 1.82) is 0 Å². The molecule has 216 valence electrons. The fourth-order valence-electron chi connectivity index (χ4n) is 5.22. The molecule has 1 fully saturated rings. The van der Waals surface area contributed by atoms with Crippen LogP contribution in [0, 0.1) is 5.92 Å². The maximum absolute atomic E-state index is 13.2. The molecule has 1 N–H and O–H groups in total. The van der Waals surface area contributed by atoms with Gasteiger partial charge in [-0.15, -0.1) is 0 Å². The summed E-state index contributed by atoms with van der Waals surface area (Å²) in [5, 5.41) is 12.1. The number of nitrogens with zero attached hydrogens (tertiary/aromatic N) is 1. The van der Waals surface area contributed by atoms with Crippen molar-refractivity contribution in [1.82, 2.24) is 4.90 Å². The molecule has 1 aliphatic heterocycles. The van der Waals surface area contributed by atoms with Gasteiger partial charge >= 0.3 is 12.4 Å². The first-order valence-electron chi connectivity index (χ1n) is 13.4. The van der Waals surface area contributed by atoms with Crippen LogP contribution >= 0.6 is 0 Å². The van der Waals surface area contributed by atoms with E-state index in [4.69, 9.17) is 4.74 Å². The monoisotopic (exact) mass is 565 g/mol. The number of halogens is 6. The van der Waals surface area contributed by atoms with E-state index in [-0.39, 0.29) is 17.2 Å². The number of ether oxygens (including phenoxy) is 1. The van der Waals surface area contributed by atoms with Gasteiger partial charge in [-0.05, 0) is 98.3 Å². The average Bonchev–Trinajstić information content (AvgIpc) is 2.93. The first kappa shape index (κ1) is 29.9. The predicted octanol–water partition coefficient (Wildman–Crippen LogP) is 8.05. The molecule has 0 radical (unpaired) electrons. The van der Waals surface area contributed by atoms with Gasteiger partial charge in [-0.2, -0.15) is 26.3 Å². The second-order valence-electron chi connectivity index (χ2n) is 10.4. The van der Waals surface area contributed by atoms with E-state index in [9.17, 15) is 31.4 Å². The van der Waals surface area contributed by atoms with Crippen molar-refractivity contribution >= 4 is 0 Å². The van der Waals surface area contributed by atoms with E-state index in [1.54, 1.807) is 0 Å². The van der Waals surface area contributed by atoms with Gasteiger partial charge in [-0.25, -0.2) is 0 Å². The van der Waals surface area contributed by atoms with Crippen LogP contribution in [0.2, 0.25) is 0 Å². The molecule has 9 heteroatoms. The van der Waals surface area contributed by atoms with Gasteiger partial charge in [0.15, 0.2) is 0 Å². The summed E-state index contributed by atoms with van der Waals surface area (Å²) in [6.45, 7) is 5.96. The van der Waals surface area contributed by atoms with Crippen molar-refractivity contribution in [3.05, 3.63) is 101 Å². The topological polar surface area (TPSA) is 32.7 Å². The summed E-state index contributed by atoms with van der Waals surface area (Å²) in [5.74, 6) is 0.387. The van der Waals surface area contributed by atoms with E-state index in [1.165, 1.54) is 24.3 Å². The second kappa shape index (κ2) is 11.8. The third kappa shape index (κ3) is 6.81. The molecular formula is C31H33F6NO2. The normalized spacial score (nSPS) is 16.6. The summed E-state index contributed by atoms with van der Waals surface area (Å²) in [6.07, 6.45) is -7.05. The van der Waals surface area contributed by atoms with Gasteiger partial charge in [-0.1, -0.05) is 43.3 Å². The molecule has 3 nitrogen and oxygen atoms in total. The lowest BCUT2D eigenvalue weighted by atomic mass is 9.71. The fourth-order valence-corrected chi connectivity index (χ4v) is 5.22. The average molecular weight is 566 g/mol. The van der Waals surface area contributed by atoms with Crippen LogP contribution in [0.4, 0.5) is 26.3 Å². The van der Waals surface area contributed by atoms with E-state index in [0.717, 1.165) is 42.0 Å². The lowest BCUT2D eigenvalue weighted by Crippen LogP contribution is -2.44. The molecule has 0 aromatic heterocycles. The molecule has 1 heterocycles. The van der Waals surface area contributed by atoms with E-state index in [1.807, 2.05) is 31.2 Å². The van der Waals surface area contributed by atoms with E-state index < -0.39 is 35.0 Å². The SMILES string of the molecule is CC[C@H](C)Oc1ccc(CN2CCC(C(O)(c3ccc(C(F)(F)F)cc3)c3ccc(C(F)(F)F)cc3)CC2)cc1. The molecule has 3 aromatic rings. The van der Waals surface area contributed by atoms with Crippen LogP contribution in [0.1, 0.15) is 60.9 Å². The molecule has 0 unspecified atom stereocenters. The maximum Gasteiger partial charge on any atom is 0.416 e. The number of benzene rings is 3. The number of hydrogen-bond donors (Lipinski definition) is 1. The van der Waals surface area contributed by atoms with Crippen molar-refractivity contribution in [3.8, 4) is 5.75 Å². The van der Waals surface area contributed by atoms with Crippen LogP contribution in [0.25, 0.3) is 0 Å². The van der Waals surface area contributed by atoms with Crippen LogP contribution in [-0.4, -0.2) is 29.2 Å². The molecule has 3 aromatic carbocycles. The molecule has 0 saturated carbocycles. The zero-order valence-electron chi connectivity index (χ0n) is 22.4. The second-order valence-corrected chi connectivity index (χ2v) is 10.4. The standard InChI is InChI=1S/C31H33F6NO2/c1-3-21(2)40-28-14-4-22(5-15-28)20-38-18-16-25(17-19-38)29(39,23-6-10-26(11-7-23)30(32,33)34)24-8-12-27(13-9-24)31(35,36)37/h4-15,21,25,39H,3,16-20H2,1-2H3/t21-/m0/s1. The van der Waals surface area contributed by atoms with Crippen molar-refractivity contribution in [2.75, 3.05) is 13.1 Å². The molecule has 1 atom stereocenters. The number of aliphatic hydroxyl groups is 1. The predicted molar refractivity (Wildman–Crippen MR) is 141 cm³/mol. The van der Waals surface area contributed by atoms with Crippen LogP contribution in [0.3, 0.4) is 0 Å². The van der Waals surface area contributed by atoms with Gasteiger partial charge in [0, 0.05) is 6.54 Å². The molecule has 0 spiro atoms. The molecule has 0 amide bonds. The van der Waals surface area contributed by atoms with Crippen LogP contribution in [0.15, 0.2) is 72.8 Å². The lowest BCUT2D eigenvalue weighted by molar-refractivity contribution is -0.138. The summed E-state index contributed by atoms with van der Waals surface area (Å²) >= 11 is 0. The van der Waals surface area contributed by atoms with Gasteiger partial charge in [0.05, 0.1) is 17.2 Å². The summed E-state index contributed by atoms with van der Waals surface area (Å²) < 4.78 is 84.9. The highest BCUT2D eigenvalue weighted by Crippen LogP contribution is 2.44. The van der Waals surface area contributed by atoms with Gasteiger partial charge in [0.1, 0.15) is 11.4 Å². The van der Waals surface area contributed by atoms with E-state index >= 15 is 0 Å². The summed E-state index contributed by atoms with van der Waals surface area (Å²) in [6, 6.07) is 16.3. The molecule has 4 rings (SSSR count). The highest BCUT2D eigenvalue weighted by Gasteiger charge is 2.43. The largest absolute Gasteiger partial charge is 0.491 e. The van der Waals surface area contributed by atoms with E-state index in [2.05, 4.69) is 11.8 Å². The molecule has 0 bridgehead atoms. The third-order valence-electron chi connectivity index (χ3n) is 7.72. The van der Waals surface area contributed by atoms with Crippen molar-refractivity contribution < 1.29 is 36.2 Å².